The predicted octanol–water partition coefficient (Wildman–Crippen LogP) is 5.27. The largest absolute Gasteiger partial charge is 0.497 e. The number of ether oxygens (including phenoxy) is 2. The van der Waals surface area contributed by atoms with E-state index in [-0.39, 0.29) is 12.3 Å². The Morgan fingerprint density at radius 2 is 1.80 bits per heavy atom. The van der Waals surface area contributed by atoms with Crippen LogP contribution in [0.1, 0.15) is 5.56 Å². The average molecular weight is 420 g/mol. The highest BCUT2D eigenvalue weighted by Gasteiger charge is 2.08. The van der Waals surface area contributed by atoms with Crippen molar-refractivity contribution in [1.29, 1.82) is 0 Å². The number of fused-ring (bicyclic) bond motifs is 1. The van der Waals surface area contributed by atoms with Crippen LogP contribution in [0.15, 0.2) is 73.1 Å². The molecule has 150 valence electrons. The number of carbonyl (C=O) groups is 1. The maximum Gasteiger partial charge on any atom is 0.229 e. The van der Waals surface area contributed by atoms with E-state index in [2.05, 4.69) is 15.3 Å². The Labute approximate surface area is 178 Å². The van der Waals surface area contributed by atoms with E-state index in [4.69, 9.17) is 21.1 Å². The molecule has 0 radical (unpaired) electrons. The lowest BCUT2D eigenvalue weighted by atomic mass is 10.1. The normalized spacial score (nSPS) is 10.6. The molecule has 0 saturated carbocycles. The van der Waals surface area contributed by atoms with E-state index in [9.17, 15) is 4.79 Å². The summed E-state index contributed by atoms with van der Waals surface area (Å²) in [7, 11) is 1.62. The van der Waals surface area contributed by atoms with Gasteiger partial charge in [0.05, 0.1) is 24.1 Å². The number of pyridine rings is 2. The number of benzene rings is 2. The molecule has 2 aromatic carbocycles. The van der Waals surface area contributed by atoms with E-state index in [1.807, 2.05) is 48.5 Å². The van der Waals surface area contributed by atoms with Gasteiger partial charge in [0.2, 0.25) is 5.91 Å². The fraction of sp³-hybridized carbons (Fsp3) is 0.0870. The molecule has 2 heterocycles. The van der Waals surface area contributed by atoms with E-state index in [1.165, 1.54) is 6.20 Å². The van der Waals surface area contributed by atoms with Crippen LogP contribution in [-0.4, -0.2) is 23.0 Å². The number of methoxy groups -OCH3 is 1. The molecule has 4 rings (SSSR count). The monoisotopic (exact) mass is 419 g/mol. The van der Waals surface area contributed by atoms with Gasteiger partial charge in [-0.1, -0.05) is 23.7 Å². The molecule has 0 aliphatic heterocycles. The van der Waals surface area contributed by atoms with Crippen LogP contribution in [0.2, 0.25) is 5.02 Å². The second-order valence-corrected chi connectivity index (χ2v) is 6.96. The van der Waals surface area contributed by atoms with Crippen molar-refractivity contribution in [3.05, 3.63) is 83.6 Å². The zero-order valence-corrected chi connectivity index (χ0v) is 16.9. The van der Waals surface area contributed by atoms with Crippen LogP contribution in [0.3, 0.4) is 0 Å². The van der Waals surface area contributed by atoms with Crippen molar-refractivity contribution in [2.75, 3.05) is 12.4 Å². The summed E-state index contributed by atoms with van der Waals surface area (Å²) in [4.78, 5) is 20.6. The van der Waals surface area contributed by atoms with Gasteiger partial charge < -0.3 is 14.8 Å². The molecule has 0 fully saturated rings. The Kier molecular flexibility index (Phi) is 5.77. The Bertz CT molecular complexity index is 1180. The highest BCUT2D eigenvalue weighted by atomic mass is 35.5. The molecule has 0 aliphatic carbocycles. The van der Waals surface area contributed by atoms with Crippen LogP contribution in [0, 0.1) is 0 Å². The van der Waals surface area contributed by atoms with Crippen LogP contribution in [0.5, 0.6) is 17.2 Å². The summed E-state index contributed by atoms with van der Waals surface area (Å²) in [5, 5.41) is 4.15. The van der Waals surface area contributed by atoms with Gasteiger partial charge in [-0.2, -0.15) is 0 Å². The average Bonchev–Trinajstić information content (AvgIpc) is 2.76. The van der Waals surface area contributed by atoms with Gasteiger partial charge in [-0.05, 0) is 48.0 Å². The molecule has 0 unspecified atom stereocenters. The second-order valence-electron chi connectivity index (χ2n) is 6.52. The summed E-state index contributed by atoms with van der Waals surface area (Å²) in [5.41, 5.74) is 1.65. The molecular formula is C23H18ClN3O3. The van der Waals surface area contributed by atoms with Crippen molar-refractivity contribution in [2.24, 2.45) is 0 Å². The van der Waals surface area contributed by atoms with Gasteiger partial charge >= 0.3 is 0 Å². The first kappa shape index (κ1) is 19.7. The highest BCUT2D eigenvalue weighted by Crippen LogP contribution is 2.30. The van der Waals surface area contributed by atoms with Gasteiger partial charge in [0.15, 0.2) is 0 Å². The van der Waals surface area contributed by atoms with Gasteiger partial charge in [0.25, 0.3) is 0 Å². The number of halogens is 1. The van der Waals surface area contributed by atoms with Crippen molar-refractivity contribution in [3.8, 4) is 17.2 Å². The quantitative estimate of drug-likeness (QED) is 0.461. The molecule has 0 aliphatic rings. The summed E-state index contributed by atoms with van der Waals surface area (Å²) in [6, 6.07) is 18.2. The van der Waals surface area contributed by atoms with Crippen LogP contribution in [0.4, 0.5) is 5.82 Å². The summed E-state index contributed by atoms with van der Waals surface area (Å²) in [6.45, 7) is 0. The molecule has 4 aromatic rings. The molecule has 0 spiro atoms. The van der Waals surface area contributed by atoms with Gasteiger partial charge in [0, 0.05) is 23.8 Å². The number of carbonyl (C=O) groups excluding carboxylic acids is 1. The molecule has 1 N–H and O–H groups in total. The molecular weight excluding hydrogens is 402 g/mol. The topological polar surface area (TPSA) is 73.3 Å². The minimum Gasteiger partial charge on any atom is -0.497 e. The van der Waals surface area contributed by atoms with Gasteiger partial charge in [-0.25, -0.2) is 4.98 Å². The Balaban J connectivity index is 1.43. The maximum absolute atomic E-state index is 12.2. The van der Waals surface area contributed by atoms with Crippen molar-refractivity contribution in [3.63, 3.8) is 0 Å². The summed E-state index contributed by atoms with van der Waals surface area (Å²) in [5.74, 6) is 2.41. The highest BCUT2D eigenvalue weighted by molar-refractivity contribution is 6.30. The number of amides is 1. The number of hydrogen-bond donors (Lipinski definition) is 1. The molecule has 2 aromatic heterocycles. The fourth-order valence-corrected chi connectivity index (χ4v) is 3.05. The SMILES string of the molecule is COc1ccc2c(Oc3ccc(CC(=O)Nc4ccc(Cl)cn4)cc3)ccnc2c1. The Morgan fingerprint density at radius 3 is 2.53 bits per heavy atom. The number of rotatable bonds is 6. The number of nitrogens with zero attached hydrogens (tertiary/aromatic N) is 2. The number of hydrogen-bond acceptors (Lipinski definition) is 5. The number of nitrogens with one attached hydrogen (secondary N) is 1. The zero-order chi connectivity index (χ0) is 20.9. The van der Waals surface area contributed by atoms with Crippen LogP contribution in [0.25, 0.3) is 10.9 Å². The summed E-state index contributed by atoms with van der Waals surface area (Å²) >= 11 is 5.80. The summed E-state index contributed by atoms with van der Waals surface area (Å²) < 4.78 is 11.3. The first-order valence-corrected chi connectivity index (χ1v) is 9.59. The van der Waals surface area contributed by atoms with Crippen LogP contribution in [-0.2, 0) is 11.2 Å². The Hall–Kier alpha value is -3.64. The van der Waals surface area contributed by atoms with Crippen LogP contribution < -0.4 is 14.8 Å². The second kappa shape index (κ2) is 8.80. The molecule has 0 bridgehead atoms. The molecule has 0 atom stereocenters. The number of aromatic nitrogens is 2. The van der Waals surface area contributed by atoms with Gasteiger partial charge in [0.1, 0.15) is 23.1 Å². The lowest BCUT2D eigenvalue weighted by Crippen LogP contribution is -2.15. The van der Waals surface area contributed by atoms with E-state index < -0.39 is 0 Å². The van der Waals surface area contributed by atoms with E-state index >= 15 is 0 Å². The summed E-state index contributed by atoms with van der Waals surface area (Å²) in [6.07, 6.45) is 3.41. The van der Waals surface area contributed by atoms with Crippen molar-refractivity contribution < 1.29 is 14.3 Å². The van der Waals surface area contributed by atoms with E-state index in [0.29, 0.717) is 22.3 Å². The zero-order valence-electron chi connectivity index (χ0n) is 16.1. The third-order valence-electron chi connectivity index (χ3n) is 4.42. The van der Waals surface area contributed by atoms with Crippen LogP contribution >= 0.6 is 11.6 Å². The lowest BCUT2D eigenvalue weighted by molar-refractivity contribution is -0.115. The Morgan fingerprint density at radius 1 is 1.00 bits per heavy atom. The molecule has 30 heavy (non-hydrogen) atoms. The lowest BCUT2D eigenvalue weighted by Gasteiger charge is -2.10. The van der Waals surface area contributed by atoms with Crippen molar-refractivity contribution in [2.45, 2.75) is 6.42 Å². The number of anilines is 1. The van der Waals surface area contributed by atoms with Crippen molar-refractivity contribution >= 4 is 34.2 Å². The third-order valence-corrected chi connectivity index (χ3v) is 4.64. The van der Waals surface area contributed by atoms with Gasteiger partial charge in [-0.15, -0.1) is 0 Å². The molecule has 7 heteroatoms. The molecule has 6 nitrogen and oxygen atoms in total. The smallest absolute Gasteiger partial charge is 0.229 e. The molecule has 0 saturated heterocycles. The molecule has 1 amide bonds. The standard InChI is InChI=1S/C23H18ClN3O3/c1-29-18-7-8-19-20(13-18)25-11-10-21(19)30-17-5-2-15(3-6-17)12-23(28)27-22-9-4-16(24)14-26-22/h2-11,13-14H,12H2,1H3,(H,26,27,28). The third kappa shape index (κ3) is 4.67. The van der Waals surface area contributed by atoms with E-state index in [0.717, 1.165) is 22.2 Å². The first-order chi connectivity index (χ1) is 14.6. The van der Waals surface area contributed by atoms with Gasteiger partial charge in [-0.3, -0.25) is 9.78 Å². The van der Waals surface area contributed by atoms with E-state index in [1.54, 1.807) is 25.4 Å². The maximum atomic E-state index is 12.2. The predicted molar refractivity (Wildman–Crippen MR) is 116 cm³/mol. The van der Waals surface area contributed by atoms with Crippen molar-refractivity contribution in [1.82, 2.24) is 9.97 Å². The first-order valence-electron chi connectivity index (χ1n) is 9.22. The fourth-order valence-electron chi connectivity index (χ4n) is 2.94. The minimum absolute atomic E-state index is 0.160. The minimum atomic E-state index is -0.160.